The molecule has 2 heterocycles. The smallest absolute Gasteiger partial charge is 0.272 e. The molecule has 8 heteroatoms. The second-order valence-electron chi connectivity index (χ2n) is 5.84. The third-order valence-corrected chi connectivity index (χ3v) is 4.44. The zero-order valence-electron chi connectivity index (χ0n) is 14.1. The number of hydrogen-bond donors (Lipinski definition) is 4. The van der Waals surface area contributed by atoms with E-state index < -0.39 is 11.4 Å². The molecule has 130 valence electrons. The summed E-state index contributed by atoms with van der Waals surface area (Å²) in [5.41, 5.74) is 13.2. The molecule has 0 bridgehead atoms. The predicted octanol–water partition coefficient (Wildman–Crippen LogP) is 2.38. The molecule has 0 aliphatic rings. The zero-order valence-corrected chi connectivity index (χ0v) is 14.1. The second kappa shape index (κ2) is 5.97. The molecule has 2 aromatic heterocycles. The predicted molar refractivity (Wildman–Crippen MR) is 98.7 cm³/mol. The van der Waals surface area contributed by atoms with Crippen LogP contribution in [0, 0.1) is 36.4 Å². The molecule has 0 aliphatic carbocycles. The summed E-state index contributed by atoms with van der Waals surface area (Å²) in [6.07, 6.45) is 0.890. The van der Waals surface area contributed by atoms with Gasteiger partial charge in [0.25, 0.3) is 5.56 Å². The molecule has 0 unspecified atom stereocenters. The number of nitrogens with zero attached hydrogens (tertiary/aromatic N) is 2. The van der Waals surface area contributed by atoms with Crippen molar-refractivity contribution in [3.8, 4) is 17.2 Å². The van der Waals surface area contributed by atoms with E-state index in [1.165, 1.54) is 6.07 Å². The lowest BCUT2D eigenvalue weighted by Gasteiger charge is -2.16. The van der Waals surface area contributed by atoms with Crippen LogP contribution in [0.25, 0.3) is 22.0 Å². The summed E-state index contributed by atoms with van der Waals surface area (Å²) in [6, 6.07) is 4.52. The number of anilines is 2. The first-order valence-electron chi connectivity index (χ1n) is 7.63. The summed E-state index contributed by atoms with van der Waals surface area (Å²) in [4.78, 5) is 19.3. The monoisotopic (exact) mass is 350 g/mol. The number of nitrogens with one attached hydrogen (secondary N) is 2. The van der Waals surface area contributed by atoms with E-state index in [1.54, 1.807) is 13.8 Å². The molecule has 1 aromatic carbocycles. The highest BCUT2D eigenvalue weighted by molar-refractivity contribution is 6.08. The van der Waals surface area contributed by atoms with Crippen LogP contribution in [0.5, 0.6) is 0 Å². The SMILES string of the molecule is Cc1nc(C#N)c2c(-c3ccc(F)c(N)c3C=N)c(N)c(=O)[nH]c2c1C. The van der Waals surface area contributed by atoms with Crippen LogP contribution in [0.1, 0.15) is 22.5 Å². The van der Waals surface area contributed by atoms with Gasteiger partial charge in [0, 0.05) is 28.4 Å². The number of nitrogens with two attached hydrogens (primary N) is 2. The number of pyridine rings is 2. The van der Waals surface area contributed by atoms with Crippen LogP contribution in [0.15, 0.2) is 16.9 Å². The van der Waals surface area contributed by atoms with Gasteiger partial charge in [-0.05, 0) is 31.0 Å². The quantitative estimate of drug-likeness (QED) is 0.414. The fraction of sp³-hybridized carbons (Fsp3) is 0.111. The Kier molecular flexibility index (Phi) is 3.93. The molecular formula is C18H15FN6O. The highest BCUT2D eigenvalue weighted by Gasteiger charge is 2.22. The van der Waals surface area contributed by atoms with E-state index in [-0.39, 0.29) is 33.8 Å². The first-order chi connectivity index (χ1) is 12.3. The van der Waals surface area contributed by atoms with Gasteiger partial charge >= 0.3 is 0 Å². The summed E-state index contributed by atoms with van der Waals surface area (Å²) in [6.45, 7) is 3.49. The fourth-order valence-corrected chi connectivity index (χ4v) is 2.97. The normalized spacial score (nSPS) is 10.7. The number of nitrogen functional groups attached to an aromatic ring is 2. The fourth-order valence-electron chi connectivity index (χ4n) is 2.97. The third-order valence-electron chi connectivity index (χ3n) is 4.44. The first-order valence-corrected chi connectivity index (χ1v) is 7.63. The van der Waals surface area contributed by atoms with Crippen LogP contribution in [-0.4, -0.2) is 16.2 Å². The highest BCUT2D eigenvalue weighted by atomic mass is 19.1. The van der Waals surface area contributed by atoms with Crippen LogP contribution in [0.3, 0.4) is 0 Å². The number of benzene rings is 1. The Bertz CT molecular complexity index is 1190. The number of rotatable bonds is 2. The van der Waals surface area contributed by atoms with E-state index in [9.17, 15) is 14.4 Å². The molecule has 6 N–H and O–H groups in total. The third kappa shape index (κ3) is 2.29. The molecule has 3 rings (SSSR count). The molecule has 0 fully saturated rings. The molecule has 26 heavy (non-hydrogen) atoms. The number of fused-ring (bicyclic) bond motifs is 1. The van der Waals surface area contributed by atoms with Crippen molar-refractivity contribution in [1.29, 1.82) is 10.7 Å². The Morgan fingerprint density at radius 1 is 1.31 bits per heavy atom. The maximum absolute atomic E-state index is 13.8. The standard InChI is InChI=1S/C18H15FN6O/c1-7-8(2)24-12(6-21)14-13(16(23)18(26)25-17(7)14)9-3-4-11(19)15(22)10(9)5-20/h3-5,20H,22-23H2,1-2H3,(H,25,26). The molecule has 0 aliphatic heterocycles. The topological polar surface area (TPSA) is 145 Å². The number of hydrogen-bond acceptors (Lipinski definition) is 6. The van der Waals surface area contributed by atoms with Gasteiger partial charge in [-0.2, -0.15) is 5.26 Å². The van der Waals surface area contributed by atoms with Gasteiger partial charge in [-0.3, -0.25) is 4.79 Å². The Morgan fingerprint density at radius 2 is 2.00 bits per heavy atom. The maximum atomic E-state index is 13.8. The largest absolute Gasteiger partial charge is 0.396 e. The van der Waals surface area contributed by atoms with Crippen molar-refractivity contribution in [2.75, 3.05) is 11.5 Å². The van der Waals surface area contributed by atoms with Crippen LogP contribution < -0.4 is 17.0 Å². The van der Waals surface area contributed by atoms with Gasteiger partial charge in [-0.15, -0.1) is 0 Å². The minimum atomic E-state index is -0.689. The Labute approximate surface area is 147 Å². The summed E-state index contributed by atoms with van der Waals surface area (Å²) in [7, 11) is 0. The van der Waals surface area contributed by atoms with Crippen molar-refractivity contribution in [1.82, 2.24) is 9.97 Å². The van der Waals surface area contributed by atoms with Crippen LogP contribution in [0.2, 0.25) is 0 Å². The molecule has 0 radical (unpaired) electrons. The van der Waals surface area contributed by atoms with E-state index in [1.807, 2.05) is 6.07 Å². The molecule has 0 atom stereocenters. The number of halogens is 1. The number of aromatic nitrogens is 2. The lowest BCUT2D eigenvalue weighted by atomic mass is 9.92. The minimum absolute atomic E-state index is 0.0693. The summed E-state index contributed by atoms with van der Waals surface area (Å²) < 4.78 is 13.8. The van der Waals surface area contributed by atoms with E-state index in [0.717, 1.165) is 12.3 Å². The van der Waals surface area contributed by atoms with Gasteiger partial charge in [0.1, 0.15) is 17.6 Å². The highest BCUT2D eigenvalue weighted by Crippen LogP contribution is 2.37. The molecule has 3 aromatic rings. The van der Waals surface area contributed by atoms with Crippen molar-refractivity contribution in [2.45, 2.75) is 13.8 Å². The van der Waals surface area contributed by atoms with Gasteiger partial charge in [0.15, 0.2) is 5.69 Å². The Morgan fingerprint density at radius 3 is 2.62 bits per heavy atom. The van der Waals surface area contributed by atoms with Gasteiger partial charge < -0.3 is 21.9 Å². The lowest BCUT2D eigenvalue weighted by Crippen LogP contribution is -2.16. The molecule has 0 spiro atoms. The van der Waals surface area contributed by atoms with E-state index in [4.69, 9.17) is 16.9 Å². The molecule has 0 saturated heterocycles. The summed E-state index contributed by atoms with van der Waals surface area (Å²) in [5.74, 6) is -0.689. The van der Waals surface area contributed by atoms with E-state index >= 15 is 0 Å². The average Bonchev–Trinajstić information content (AvgIpc) is 2.62. The van der Waals surface area contributed by atoms with Gasteiger partial charge in [0.2, 0.25) is 0 Å². The van der Waals surface area contributed by atoms with Crippen LogP contribution in [-0.2, 0) is 0 Å². The number of aromatic amines is 1. The van der Waals surface area contributed by atoms with Crippen molar-refractivity contribution in [2.24, 2.45) is 0 Å². The number of nitriles is 1. The van der Waals surface area contributed by atoms with Crippen molar-refractivity contribution < 1.29 is 4.39 Å². The lowest BCUT2D eigenvalue weighted by molar-refractivity contribution is 0.632. The van der Waals surface area contributed by atoms with Crippen molar-refractivity contribution >= 4 is 28.5 Å². The molecular weight excluding hydrogens is 335 g/mol. The second-order valence-corrected chi connectivity index (χ2v) is 5.84. The number of H-pyrrole nitrogens is 1. The first kappa shape index (κ1) is 17.1. The van der Waals surface area contributed by atoms with E-state index in [2.05, 4.69) is 9.97 Å². The summed E-state index contributed by atoms with van der Waals surface area (Å²) in [5, 5.41) is 17.5. The molecule has 7 nitrogen and oxygen atoms in total. The number of aryl methyl sites for hydroxylation is 2. The maximum Gasteiger partial charge on any atom is 0.272 e. The van der Waals surface area contributed by atoms with E-state index in [0.29, 0.717) is 22.2 Å². The average molecular weight is 350 g/mol. The van der Waals surface area contributed by atoms with Gasteiger partial charge in [0.05, 0.1) is 11.2 Å². The van der Waals surface area contributed by atoms with Crippen LogP contribution >= 0.6 is 0 Å². The molecule has 0 saturated carbocycles. The molecule has 0 amide bonds. The minimum Gasteiger partial charge on any atom is -0.396 e. The van der Waals surface area contributed by atoms with Gasteiger partial charge in [-0.25, -0.2) is 9.37 Å². The van der Waals surface area contributed by atoms with Gasteiger partial charge in [-0.1, -0.05) is 6.07 Å². The Balaban J connectivity index is 2.65. The Hall–Kier alpha value is -3.73. The van der Waals surface area contributed by atoms with Crippen molar-refractivity contribution in [3.63, 3.8) is 0 Å². The zero-order chi connectivity index (χ0) is 19.2. The summed E-state index contributed by atoms with van der Waals surface area (Å²) >= 11 is 0. The van der Waals surface area contributed by atoms with Crippen molar-refractivity contribution in [3.05, 3.63) is 50.8 Å². The van der Waals surface area contributed by atoms with Crippen LogP contribution in [0.4, 0.5) is 15.8 Å².